The van der Waals surface area contributed by atoms with Gasteiger partial charge in [-0.05, 0) is 48.7 Å². The van der Waals surface area contributed by atoms with Gasteiger partial charge in [-0.2, -0.15) is 0 Å². The standard InChI is InChI=1S/C30H31NO/c1-31(2)29(26-15-7-4-8-16-26)22-23-32-30-21-20-25(27-18-9-10-19-28(27)30)17-11-14-24-12-5-3-6-13-24/h3-16,18-21,29H,17,22-23H2,1-2H3/t29-/m0/s1. The molecule has 2 nitrogen and oxygen atoms in total. The fraction of sp³-hybridized carbons (Fsp3) is 0.200. The molecule has 0 saturated heterocycles. The van der Waals surface area contributed by atoms with Crippen LogP contribution < -0.4 is 4.74 Å². The zero-order valence-corrected chi connectivity index (χ0v) is 18.9. The van der Waals surface area contributed by atoms with Crippen molar-refractivity contribution >= 4 is 16.8 Å². The van der Waals surface area contributed by atoms with Crippen LogP contribution in [-0.4, -0.2) is 25.6 Å². The maximum Gasteiger partial charge on any atom is 0.127 e. The molecule has 0 bridgehead atoms. The largest absolute Gasteiger partial charge is 0.493 e. The first-order chi connectivity index (χ1) is 15.7. The minimum atomic E-state index is 0.338. The molecule has 0 saturated carbocycles. The van der Waals surface area contributed by atoms with Gasteiger partial charge in [0.15, 0.2) is 0 Å². The van der Waals surface area contributed by atoms with Crippen LogP contribution in [0, 0.1) is 0 Å². The molecule has 0 spiro atoms. The van der Waals surface area contributed by atoms with Gasteiger partial charge in [-0.3, -0.25) is 0 Å². The molecule has 4 aromatic rings. The molecule has 0 aliphatic carbocycles. The van der Waals surface area contributed by atoms with Crippen molar-refractivity contribution in [2.24, 2.45) is 0 Å². The zero-order chi connectivity index (χ0) is 22.2. The van der Waals surface area contributed by atoms with Gasteiger partial charge >= 0.3 is 0 Å². The van der Waals surface area contributed by atoms with Crippen LogP contribution in [-0.2, 0) is 6.42 Å². The second-order valence-corrected chi connectivity index (χ2v) is 8.31. The molecule has 4 rings (SSSR count). The van der Waals surface area contributed by atoms with Crippen molar-refractivity contribution < 1.29 is 4.74 Å². The minimum Gasteiger partial charge on any atom is -0.493 e. The first-order valence-corrected chi connectivity index (χ1v) is 11.3. The summed E-state index contributed by atoms with van der Waals surface area (Å²) in [6.45, 7) is 0.676. The number of nitrogens with zero attached hydrogens (tertiary/aromatic N) is 1. The van der Waals surface area contributed by atoms with Crippen molar-refractivity contribution in [2.45, 2.75) is 18.9 Å². The first kappa shape index (κ1) is 21.9. The Balaban J connectivity index is 1.47. The summed E-state index contributed by atoms with van der Waals surface area (Å²) in [5.74, 6) is 0.960. The quantitative estimate of drug-likeness (QED) is 0.284. The Morgan fingerprint density at radius 2 is 1.41 bits per heavy atom. The number of hydrogen-bond acceptors (Lipinski definition) is 2. The van der Waals surface area contributed by atoms with E-state index in [4.69, 9.17) is 4.74 Å². The van der Waals surface area contributed by atoms with E-state index in [0.29, 0.717) is 12.6 Å². The molecule has 4 aromatic carbocycles. The number of allylic oxidation sites excluding steroid dienone is 1. The summed E-state index contributed by atoms with van der Waals surface area (Å²) in [6, 6.07) is 34.3. The maximum absolute atomic E-state index is 6.31. The first-order valence-electron chi connectivity index (χ1n) is 11.3. The Morgan fingerprint density at radius 1 is 0.750 bits per heavy atom. The highest BCUT2D eigenvalue weighted by Gasteiger charge is 2.14. The minimum absolute atomic E-state index is 0.338. The average molecular weight is 422 g/mol. The van der Waals surface area contributed by atoms with E-state index in [1.165, 1.54) is 27.5 Å². The molecule has 0 N–H and O–H groups in total. The molecule has 0 aromatic heterocycles. The fourth-order valence-electron chi connectivity index (χ4n) is 4.20. The Bertz CT molecular complexity index is 1150. The van der Waals surface area contributed by atoms with Crippen LogP contribution in [0.4, 0.5) is 0 Å². The van der Waals surface area contributed by atoms with E-state index in [2.05, 4.69) is 122 Å². The van der Waals surface area contributed by atoms with E-state index in [1.807, 2.05) is 6.07 Å². The van der Waals surface area contributed by atoms with E-state index in [1.54, 1.807) is 0 Å². The Morgan fingerprint density at radius 3 is 2.12 bits per heavy atom. The summed E-state index contributed by atoms with van der Waals surface area (Å²) >= 11 is 0. The van der Waals surface area contributed by atoms with Gasteiger partial charge in [0.05, 0.1) is 6.61 Å². The fourth-order valence-corrected chi connectivity index (χ4v) is 4.20. The highest BCUT2D eigenvalue weighted by Crippen LogP contribution is 2.30. The Kier molecular flexibility index (Phi) is 7.37. The smallest absolute Gasteiger partial charge is 0.127 e. The van der Waals surface area contributed by atoms with Crippen molar-refractivity contribution in [3.8, 4) is 5.75 Å². The second kappa shape index (κ2) is 10.8. The van der Waals surface area contributed by atoms with E-state index < -0.39 is 0 Å². The summed E-state index contributed by atoms with van der Waals surface area (Å²) < 4.78 is 6.31. The van der Waals surface area contributed by atoms with Crippen LogP contribution >= 0.6 is 0 Å². The second-order valence-electron chi connectivity index (χ2n) is 8.31. The molecule has 0 unspecified atom stereocenters. The maximum atomic E-state index is 6.31. The number of fused-ring (bicyclic) bond motifs is 1. The Hall–Kier alpha value is -3.36. The van der Waals surface area contributed by atoms with Crippen molar-refractivity contribution in [3.05, 3.63) is 120 Å². The molecule has 0 fully saturated rings. The van der Waals surface area contributed by atoms with E-state index >= 15 is 0 Å². The van der Waals surface area contributed by atoms with Gasteiger partial charge in [0.2, 0.25) is 0 Å². The number of rotatable bonds is 9. The lowest BCUT2D eigenvalue weighted by atomic mass is 10.0. The van der Waals surface area contributed by atoms with Crippen LogP contribution in [0.15, 0.2) is 103 Å². The van der Waals surface area contributed by atoms with Crippen LogP contribution in [0.3, 0.4) is 0 Å². The van der Waals surface area contributed by atoms with E-state index in [0.717, 1.165) is 18.6 Å². The van der Waals surface area contributed by atoms with Gasteiger partial charge in [0.25, 0.3) is 0 Å². The van der Waals surface area contributed by atoms with E-state index in [9.17, 15) is 0 Å². The van der Waals surface area contributed by atoms with Crippen LogP contribution in [0.5, 0.6) is 5.75 Å². The summed E-state index contributed by atoms with van der Waals surface area (Å²) in [5.41, 5.74) is 3.87. The van der Waals surface area contributed by atoms with E-state index in [-0.39, 0.29) is 0 Å². The molecular formula is C30H31NO. The molecule has 0 radical (unpaired) electrons. The normalized spacial score (nSPS) is 12.5. The highest BCUT2D eigenvalue weighted by atomic mass is 16.5. The van der Waals surface area contributed by atoms with Crippen molar-refractivity contribution in [2.75, 3.05) is 20.7 Å². The lowest BCUT2D eigenvalue weighted by Gasteiger charge is -2.25. The lowest BCUT2D eigenvalue weighted by Crippen LogP contribution is -2.22. The van der Waals surface area contributed by atoms with Gasteiger partial charge in [0.1, 0.15) is 5.75 Å². The summed E-state index contributed by atoms with van der Waals surface area (Å²) in [6.07, 6.45) is 6.25. The third-order valence-electron chi connectivity index (χ3n) is 5.88. The van der Waals surface area contributed by atoms with Gasteiger partial charge in [-0.25, -0.2) is 0 Å². The zero-order valence-electron chi connectivity index (χ0n) is 18.9. The molecule has 0 amide bonds. The van der Waals surface area contributed by atoms with Gasteiger partial charge in [0, 0.05) is 17.8 Å². The third-order valence-corrected chi connectivity index (χ3v) is 5.88. The average Bonchev–Trinajstić information content (AvgIpc) is 2.83. The summed E-state index contributed by atoms with van der Waals surface area (Å²) in [5, 5.41) is 2.44. The van der Waals surface area contributed by atoms with Crippen molar-refractivity contribution in [1.29, 1.82) is 0 Å². The molecule has 0 aliphatic rings. The van der Waals surface area contributed by atoms with Crippen molar-refractivity contribution in [3.63, 3.8) is 0 Å². The molecule has 1 atom stereocenters. The third kappa shape index (κ3) is 5.46. The highest BCUT2D eigenvalue weighted by molar-refractivity contribution is 5.91. The van der Waals surface area contributed by atoms with Crippen LogP contribution in [0.25, 0.3) is 16.8 Å². The molecule has 32 heavy (non-hydrogen) atoms. The monoisotopic (exact) mass is 421 g/mol. The van der Waals surface area contributed by atoms with Gasteiger partial charge in [-0.15, -0.1) is 0 Å². The molecule has 162 valence electrons. The summed E-state index contributed by atoms with van der Waals surface area (Å²) in [4.78, 5) is 2.26. The van der Waals surface area contributed by atoms with Gasteiger partial charge < -0.3 is 9.64 Å². The van der Waals surface area contributed by atoms with Crippen molar-refractivity contribution in [1.82, 2.24) is 4.90 Å². The SMILES string of the molecule is CN(C)[C@@H](CCOc1ccc(CC=Cc2ccccc2)c2ccccc12)c1ccccc1. The lowest BCUT2D eigenvalue weighted by molar-refractivity contribution is 0.225. The predicted molar refractivity (Wildman–Crippen MR) is 136 cm³/mol. The van der Waals surface area contributed by atoms with Crippen LogP contribution in [0.2, 0.25) is 0 Å². The topological polar surface area (TPSA) is 12.5 Å². The molecule has 0 aliphatic heterocycles. The number of benzene rings is 4. The number of ether oxygens (including phenoxy) is 1. The molecule has 2 heteroatoms. The molecule has 0 heterocycles. The summed E-state index contributed by atoms with van der Waals surface area (Å²) in [7, 11) is 4.26. The predicted octanol–water partition coefficient (Wildman–Crippen LogP) is 7.17. The van der Waals surface area contributed by atoms with Gasteiger partial charge in [-0.1, -0.05) is 103 Å². The molecular weight excluding hydrogens is 390 g/mol. The van der Waals surface area contributed by atoms with Crippen LogP contribution in [0.1, 0.15) is 29.2 Å². The Labute approximate surface area is 191 Å². The number of hydrogen-bond donors (Lipinski definition) is 0.